The topological polar surface area (TPSA) is 79.0 Å². The van der Waals surface area contributed by atoms with Gasteiger partial charge in [0.25, 0.3) is 0 Å². The van der Waals surface area contributed by atoms with Crippen LogP contribution in [-0.4, -0.2) is 11.6 Å². The van der Waals surface area contributed by atoms with E-state index in [0.29, 0.717) is 17.3 Å². The molecule has 1 aliphatic rings. The Bertz CT molecular complexity index is 805. The highest BCUT2D eigenvalue weighted by Gasteiger charge is 2.15. The molecule has 1 amide bonds. The van der Waals surface area contributed by atoms with Gasteiger partial charge in [-0.1, -0.05) is 24.3 Å². The first kappa shape index (κ1) is 15.5. The predicted octanol–water partition coefficient (Wildman–Crippen LogP) is 3.34. The summed E-state index contributed by atoms with van der Waals surface area (Å²) in [5, 5.41) is 11.8. The van der Waals surface area contributed by atoms with Crippen LogP contribution in [0.4, 0.5) is 5.00 Å². The highest BCUT2D eigenvalue weighted by atomic mass is 32.1. The number of aryl methyl sites for hydroxylation is 1. The van der Waals surface area contributed by atoms with Crippen LogP contribution in [0.15, 0.2) is 30.3 Å². The second-order valence-corrected chi connectivity index (χ2v) is 6.80. The fourth-order valence-electron chi connectivity index (χ4n) is 2.69. The Hall–Kier alpha value is -2.40. The number of carbonyl (C=O) groups is 1. The molecule has 1 aromatic heterocycles. The number of nitrogens with two attached hydrogens (primary N) is 1. The molecule has 4 N–H and O–H groups in total. The van der Waals surface area contributed by atoms with Gasteiger partial charge in [0.05, 0.1) is 17.3 Å². The molecule has 0 saturated carbocycles. The van der Waals surface area contributed by atoms with Crippen LogP contribution in [-0.2, 0) is 17.8 Å². The molecule has 0 spiro atoms. The molecule has 0 aliphatic heterocycles. The normalized spacial score (nSPS) is 12.7. The van der Waals surface area contributed by atoms with Crippen molar-refractivity contribution in [1.29, 1.82) is 5.41 Å². The molecule has 0 fully saturated rings. The molecule has 1 aromatic carbocycles. The van der Waals surface area contributed by atoms with Crippen LogP contribution in [0.3, 0.4) is 0 Å². The van der Waals surface area contributed by atoms with Gasteiger partial charge in [-0.3, -0.25) is 10.2 Å². The van der Waals surface area contributed by atoms with E-state index in [1.165, 1.54) is 29.4 Å². The van der Waals surface area contributed by atoms with Crippen molar-refractivity contribution in [1.82, 2.24) is 5.32 Å². The zero-order valence-electron chi connectivity index (χ0n) is 13.0. The molecule has 0 radical (unpaired) electrons. The quantitative estimate of drug-likeness (QED) is 0.754. The fraction of sp³-hybridized carbons (Fsp3) is 0.222. The Labute approximate surface area is 139 Å². The van der Waals surface area contributed by atoms with Crippen molar-refractivity contribution in [2.45, 2.75) is 26.3 Å². The van der Waals surface area contributed by atoms with Crippen molar-refractivity contribution in [2.75, 3.05) is 5.73 Å². The zero-order valence-corrected chi connectivity index (χ0v) is 13.8. The highest BCUT2D eigenvalue weighted by Crippen LogP contribution is 2.28. The van der Waals surface area contributed by atoms with Crippen LogP contribution in [0.5, 0.6) is 0 Å². The summed E-state index contributed by atoms with van der Waals surface area (Å²) in [6.45, 7) is 1.94. The Morgan fingerprint density at radius 3 is 3.00 bits per heavy atom. The standard InChI is InChI=1S/C18H19N3OS/c1-11(22)21-10-15-9-16(18(20)23-15)17(19)14-7-6-12-4-2-3-5-13(12)8-14/h3,5-9,19H,2,4,10,20H2,1H3,(H,21,22). The summed E-state index contributed by atoms with van der Waals surface area (Å²) < 4.78 is 0. The van der Waals surface area contributed by atoms with Crippen LogP contribution in [0, 0.1) is 5.41 Å². The summed E-state index contributed by atoms with van der Waals surface area (Å²) in [4.78, 5) is 12.0. The largest absolute Gasteiger partial charge is 0.390 e. The molecule has 118 valence electrons. The Kier molecular flexibility index (Phi) is 4.30. The summed E-state index contributed by atoms with van der Waals surface area (Å²) in [6.07, 6.45) is 6.42. The number of rotatable bonds is 4. The van der Waals surface area contributed by atoms with Crippen LogP contribution in [0.25, 0.3) is 6.08 Å². The van der Waals surface area contributed by atoms with Gasteiger partial charge in [-0.05, 0) is 36.1 Å². The van der Waals surface area contributed by atoms with Crippen molar-refractivity contribution in [3.63, 3.8) is 0 Å². The average molecular weight is 325 g/mol. The molecule has 1 aliphatic carbocycles. The molecular weight excluding hydrogens is 306 g/mol. The molecule has 0 unspecified atom stereocenters. The van der Waals surface area contributed by atoms with Crippen molar-refractivity contribution in [3.8, 4) is 0 Å². The maximum Gasteiger partial charge on any atom is 0.217 e. The third-order valence-corrected chi connectivity index (χ3v) is 4.87. The number of nitrogen functional groups attached to an aromatic ring is 1. The van der Waals surface area contributed by atoms with E-state index in [2.05, 4.69) is 29.6 Å². The molecular formula is C18H19N3OS. The summed E-state index contributed by atoms with van der Waals surface area (Å²) in [5.74, 6) is -0.0740. The zero-order chi connectivity index (χ0) is 16.4. The van der Waals surface area contributed by atoms with Gasteiger partial charge in [-0.2, -0.15) is 0 Å². The van der Waals surface area contributed by atoms with Crippen LogP contribution < -0.4 is 11.1 Å². The van der Waals surface area contributed by atoms with Crippen LogP contribution in [0.2, 0.25) is 0 Å². The van der Waals surface area contributed by atoms with Crippen molar-refractivity contribution < 1.29 is 4.79 Å². The lowest BCUT2D eigenvalue weighted by Gasteiger charge is -2.12. The number of hydrogen-bond acceptors (Lipinski definition) is 4. The van der Waals surface area contributed by atoms with Gasteiger partial charge in [0.2, 0.25) is 5.91 Å². The third-order valence-electron chi connectivity index (χ3n) is 3.91. The van der Waals surface area contributed by atoms with Gasteiger partial charge in [0.1, 0.15) is 0 Å². The van der Waals surface area contributed by atoms with Gasteiger partial charge in [-0.15, -0.1) is 11.3 Å². The second kappa shape index (κ2) is 6.38. The number of thiophene rings is 1. The number of allylic oxidation sites excluding steroid dienone is 1. The maximum absolute atomic E-state index is 11.0. The minimum Gasteiger partial charge on any atom is -0.390 e. The average Bonchev–Trinajstić information content (AvgIpc) is 2.92. The van der Waals surface area contributed by atoms with Crippen LogP contribution in [0.1, 0.15) is 40.5 Å². The first-order valence-corrected chi connectivity index (χ1v) is 8.37. The van der Waals surface area contributed by atoms with E-state index in [0.717, 1.165) is 28.8 Å². The molecule has 5 heteroatoms. The molecule has 0 atom stereocenters. The van der Waals surface area contributed by atoms with E-state index in [9.17, 15) is 4.79 Å². The monoisotopic (exact) mass is 325 g/mol. The van der Waals surface area contributed by atoms with E-state index < -0.39 is 0 Å². The van der Waals surface area contributed by atoms with Gasteiger partial charge < -0.3 is 11.1 Å². The lowest BCUT2D eigenvalue weighted by molar-refractivity contribution is -0.119. The SMILES string of the molecule is CC(=O)NCc1cc(C(=N)c2ccc3c(c2)C=CCC3)c(N)s1. The summed E-state index contributed by atoms with van der Waals surface area (Å²) >= 11 is 1.42. The number of amides is 1. The first-order valence-electron chi connectivity index (χ1n) is 7.56. The number of fused-ring (bicyclic) bond motifs is 1. The molecule has 0 saturated heterocycles. The van der Waals surface area contributed by atoms with Gasteiger partial charge in [0, 0.05) is 22.9 Å². The van der Waals surface area contributed by atoms with Crippen molar-refractivity contribution >= 4 is 34.0 Å². The van der Waals surface area contributed by atoms with E-state index in [1.54, 1.807) is 0 Å². The van der Waals surface area contributed by atoms with Gasteiger partial charge >= 0.3 is 0 Å². The fourth-order valence-corrected chi connectivity index (χ4v) is 3.56. The third kappa shape index (κ3) is 3.35. The lowest BCUT2D eigenvalue weighted by atomic mass is 9.93. The smallest absolute Gasteiger partial charge is 0.217 e. The molecule has 2 aromatic rings. The van der Waals surface area contributed by atoms with E-state index in [-0.39, 0.29) is 5.91 Å². The first-order chi connectivity index (χ1) is 11.0. The van der Waals surface area contributed by atoms with Gasteiger partial charge in [0.15, 0.2) is 0 Å². The molecule has 4 nitrogen and oxygen atoms in total. The Balaban J connectivity index is 1.86. The summed E-state index contributed by atoms with van der Waals surface area (Å²) in [5.41, 5.74) is 10.6. The lowest BCUT2D eigenvalue weighted by Crippen LogP contribution is -2.18. The number of carbonyl (C=O) groups excluding carboxylic acids is 1. The number of anilines is 1. The molecule has 1 heterocycles. The van der Waals surface area contributed by atoms with Crippen molar-refractivity contribution in [3.05, 3.63) is 57.5 Å². The minimum atomic E-state index is -0.0740. The maximum atomic E-state index is 11.0. The van der Waals surface area contributed by atoms with Gasteiger partial charge in [-0.25, -0.2) is 0 Å². The van der Waals surface area contributed by atoms with Crippen LogP contribution >= 0.6 is 11.3 Å². The second-order valence-electron chi connectivity index (χ2n) is 5.63. The highest BCUT2D eigenvalue weighted by molar-refractivity contribution is 7.16. The number of nitrogens with one attached hydrogen (secondary N) is 2. The molecule has 0 bridgehead atoms. The Morgan fingerprint density at radius 1 is 1.39 bits per heavy atom. The van der Waals surface area contributed by atoms with E-state index in [4.69, 9.17) is 11.1 Å². The molecule has 23 heavy (non-hydrogen) atoms. The minimum absolute atomic E-state index is 0.0740. The summed E-state index contributed by atoms with van der Waals surface area (Å²) in [6, 6.07) is 8.04. The molecule has 3 rings (SSSR count). The van der Waals surface area contributed by atoms with Crippen molar-refractivity contribution in [2.24, 2.45) is 0 Å². The Morgan fingerprint density at radius 2 is 2.22 bits per heavy atom. The van der Waals surface area contributed by atoms with E-state index >= 15 is 0 Å². The summed E-state index contributed by atoms with van der Waals surface area (Å²) in [7, 11) is 0. The predicted molar refractivity (Wildman–Crippen MR) is 96.0 cm³/mol. The number of hydrogen-bond donors (Lipinski definition) is 3. The van der Waals surface area contributed by atoms with E-state index in [1.807, 2.05) is 12.1 Å². The number of benzene rings is 1.